The van der Waals surface area contributed by atoms with Crippen LogP contribution in [0, 0.1) is 0 Å². The first-order valence-electron chi connectivity index (χ1n) is 9.51. The number of rotatable bonds is 3. The molecule has 1 aromatic carbocycles. The van der Waals surface area contributed by atoms with Crippen LogP contribution in [0.25, 0.3) is 6.08 Å². The fourth-order valence-corrected chi connectivity index (χ4v) is 3.78. The van der Waals surface area contributed by atoms with Crippen LogP contribution in [0.1, 0.15) is 17.7 Å². The number of aromatic nitrogens is 1. The summed E-state index contributed by atoms with van der Waals surface area (Å²) in [6.45, 7) is 7.84. The van der Waals surface area contributed by atoms with Gasteiger partial charge in [0.1, 0.15) is 11.4 Å². The predicted octanol–water partition coefficient (Wildman–Crippen LogP) is 3.56. The van der Waals surface area contributed by atoms with E-state index in [4.69, 9.17) is 28.6 Å². The van der Waals surface area contributed by atoms with E-state index in [1.165, 1.54) is 5.69 Å². The lowest BCUT2D eigenvalue weighted by atomic mass is 10.1. The van der Waals surface area contributed by atoms with E-state index in [9.17, 15) is 0 Å². The second kappa shape index (κ2) is 8.80. The minimum Gasteiger partial charge on any atom is -0.491 e. The van der Waals surface area contributed by atoms with E-state index < -0.39 is 0 Å². The van der Waals surface area contributed by atoms with Crippen molar-refractivity contribution in [3.05, 3.63) is 59.4 Å². The van der Waals surface area contributed by atoms with Crippen molar-refractivity contribution in [2.45, 2.75) is 6.42 Å². The van der Waals surface area contributed by atoms with E-state index >= 15 is 0 Å². The van der Waals surface area contributed by atoms with Gasteiger partial charge in [0.15, 0.2) is 5.11 Å². The van der Waals surface area contributed by atoms with Crippen LogP contribution in [0.4, 0.5) is 5.69 Å². The molecule has 0 radical (unpaired) electrons. The lowest BCUT2D eigenvalue weighted by molar-refractivity contribution is 0.318. The summed E-state index contributed by atoms with van der Waals surface area (Å²) >= 11 is 11.5. The fraction of sp³-hybridized carbons (Fsp3) is 0.286. The lowest BCUT2D eigenvalue weighted by Gasteiger charge is -2.37. The lowest BCUT2D eigenvalue weighted by Crippen LogP contribution is -2.51. The molecule has 1 aromatic heterocycles. The van der Waals surface area contributed by atoms with Gasteiger partial charge in [0, 0.05) is 50.6 Å². The highest BCUT2D eigenvalue weighted by Gasteiger charge is 2.21. The van der Waals surface area contributed by atoms with Gasteiger partial charge >= 0.3 is 0 Å². The maximum absolute atomic E-state index is 5.99. The first-order valence-corrected chi connectivity index (χ1v) is 10.3. The van der Waals surface area contributed by atoms with Crippen molar-refractivity contribution in [1.29, 1.82) is 0 Å². The van der Waals surface area contributed by atoms with Gasteiger partial charge in [-0.2, -0.15) is 5.10 Å². The number of hydrogen-bond donors (Lipinski definition) is 1. The molecule has 0 unspecified atom stereocenters. The van der Waals surface area contributed by atoms with E-state index in [0.717, 1.165) is 37.5 Å². The van der Waals surface area contributed by atoms with E-state index in [-0.39, 0.29) is 0 Å². The number of benzene rings is 1. The number of hydrazone groups is 1. The molecule has 8 heteroatoms. The van der Waals surface area contributed by atoms with Crippen LogP contribution in [0.3, 0.4) is 0 Å². The van der Waals surface area contributed by atoms with Gasteiger partial charge in [0.05, 0.1) is 17.3 Å². The van der Waals surface area contributed by atoms with Gasteiger partial charge in [-0.3, -0.25) is 5.43 Å². The van der Waals surface area contributed by atoms with Gasteiger partial charge in [0.25, 0.3) is 0 Å². The van der Waals surface area contributed by atoms with Gasteiger partial charge in [-0.25, -0.2) is 4.98 Å². The molecule has 6 nitrogen and oxygen atoms in total. The van der Waals surface area contributed by atoms with Crippen LogP contribution in [-0.2, 0) is 0 Å². The highest BCUT2D eigenvalue weighted by atomic mass is 35.5. The molecule has 150 valence electrons. The van der Waals surface area contributed by atoms with Crippen molar-refractivity contribution in [1.82, 2.24) is 15.3 Å². The number of pyridine rings is 1. The summed E-state index contributed by atoms with van der Waals surface area (Å²) < 4.78 is 5.62. The Labute approximate surface area is 180 Å². The first-order chi connectivity index (χ1) is 14.1. The summed E-state index contributed by atoms with van der Waals surface area (Å²) in [6, 6.07) is 10.2. The van der Waals surface area contributed by atoms with Crippen molar-refractivity contribution >= 4 is 46.4 Å². The molecule has 4 rings (SSSR count). The number of hydrogen-bond acceptors (Lipinski definition) is 5. The number of thiocarbonyl (C=S) groups is 1. The SMILES string of the molecule is C=Cc1ccc(N2CCN(C(=S)N/N=C3/CCOc4cc(Cl)cnc43)CC2)cc1. The average Bonchev–Trinajstić information content (AvgIpc) is 2.77. The van der Waals surface area contributed by atoms with Gasteiger partial charge in [-0.1, -0.05) is 36.4 Å². The van der Waals surface area contributed by atoms with Crippen molar-refractivity contribution < 1.29 is 4.74 Å². The number of nitrogens with zero attached hydrogens (tertiary/aromatic N) is 4. The minimum atomic E-state index is 0.547. The summed E-state index contributed by atoms with van der Waals surface area (Å²) in [6.07, 6.45) is 4.13. The van der Waals surface area contributed by atoms with E-state index in [1.54, 1.807) is 12.3 Å². The van der Waals surface area contributed by atoms with Gasteiger partial charge in [-0.05, 0) is 29.9 Å². The van der Waals surface area contributed by atoms with Crippen molar-refractivity contribution in [3.63, 3.8) is 0 Å². The molecule has 3 heterocycles. The number of fused-ring (bicyclic) bond motifs is 1. The van der Waals surface area contributed by atoms with Gasteiger partial charge in [0.2, 0.25) is 0 Å². The molecular formula is C21H22ClN5OS. The molecule has 0 aliphatic carbocycles. The third-order valence-electron chi connectivity index (χ3n) is 5.04. The van der Waals surface area contributed by atoms with Crippen LogP contribution >= 0.6 is 23.8 Å². The molecule has 2 aliphatic rings. The summed E-state index contributed by atoms with van der Waals surface area (Å²) in [5.74, 6) is 0.659. The fourth-order valence-electron chi connectivity index (χ4n) is 3.41. The Kier molecular flexibility index (Phi) is 5.97. The number of anilines is 1. The zero-order valence-electron chi connectivity index (χ0n) is 16.0. The number of nitrogens with one attached hydrogen (secondary N) is 1. The Morgan fingerprint density at radius 1 is 1.24 bits per heavy atom. The molecule has 1 N–H and O–H groups in total. The molecule has 0 amide bonds. The van der Waals surface area contributed by atoms with Crippen LogP contribution in [0.2, 0.25) is 5.02 Å². The molecule has 0 bridgehead atoms. The van der Waals surface area contributed by atoms with E-state index in [0.29, 0.717) is 34.6 Å². The topological polar surface area (TPSA) is 53.0 Å². The Bertz CT molecular complexity index is 939. The smallest absolute Gasteiger partial charge is 0.189 e. The second-order valence-corrected chi connectivity index (χ2v) is 7.67. The summed E-state index contributed by atoms with van der Waals surface area (Å²) in [7, 11) is 0. The molecule has 1 fully saturated rings. The third kappa shape index (κ3) is 4.52. The normalized spacial score (nSPS) is 17.5. The highest BCUT2D eigenvalue weighted by molar-refractivity contribution is 7.80. The maximum atomic E-state index is 5.99. The zero-order chi connectivity index (χ0) is 20.2. The molecule has 1 saturated heterocycles. The van der Waals surface area contributed by atoms with Crippen LogP contribution in [0.5, 0.6) is 5.75 Å². The second-order valence-electron chi connectivity index (χ2n) is 6.84. The first kappa shape index (κ1) is 19.7. The maximum Gasteiger partial charge on any atom is 0.189 e. The van der Waals surface area contributed by atoms with Crippen molar-refractivity contribution in [2.75, 3.05) is 37.7 Å². The predicted molar refractivity (Wildman–Crippen MR) is 122 cm³/mol. The van der Waals surface area contributed by atoms with Gasteiger partial charge < -0.3 is 14.5 Å². The molecule has 0 saturated carbocycles. The highest BCUT2D eigenvalue weighted by Crippen LogP contribution is 2.26. The average molecular weight is 428 g/mol. The van der Waals surface area contributed by atoms with Crippen LogP contribution in [0.15, 0.2) is 48.2 Å². The molecule has 2 aliphatic heterocycles. The van der Waals surface area contributed by atoms with Crippen LogP contribution in [-0.4, -0.2) is 53.5 Å². The largest absolute Gasteiger partial charge is 0.491 e. The quantitative estimate of drug-likeness (QED) is 0.597. The molecule has 29 heavy (non-hydrogen) atoms. The Morgan fingerprint density at radius 2 is 2.00 bits per heavy atom. The molecule has 2 aromatic rings. The minimum absolute atomic E-state index is 0.547. The Balaban J connectivity index is 1.35. The number of piperazine rings is 1. The van der Waals surface area contributed by atoms with Crippen molar-refractivity contribution in [2.24, 2.45) is 5.10 Å². The third-order valence-corrected chi connectivity index (χ3v) is 5.59. The van der Waals surface area contributed by atoms with Gasteiger partial charge in [-0.15, -0.1) is 0 Å². The van der Waals surface area contributed by atoms with E-state index in [1.807, 2.05) is 6.08 Å². The molecule has 0 spiro atoms. The zero-order valence-corrected chi connectivity index (χ0v) is 17.5. The number of ether oxygens (including phenoxy) is 1. The van der Waals surface area contributed by atoms with Crippen LogP contribution < -0.4 is 15.1 Å². The molecular weight excluding hydrogens is 406 g/mol. The Morgan fingerprint density at radius 3 is 2.72 bits per heavy atom. The van der Waals surface area contributed by atoms with E-state index in [2.05, 4.69) is 56.2 Å². The number of halogens is 1. The Hall–Kier alpha value is -2.64. The van der Waals surface area contributed by atoms with Crippen molar-refractivity contribution in [3.8, 4) is 5.75 Å². The monoisotopic (exact) mass is 427 g/mol. The standard InChI is InChI=1S/C21H22ClN5OS/c1-2-15-3-5-17(6-4-15)26-8-10-27(11-9-26)21(29)25-24-18-7-12-28-19-13-16(22)14-23-20(18)19/h2-6,13-14H,1,7-12H2,(H,25,29)/b24-18-. The summed E-state index contributed by atoms with van der Waals surface area (Å²) in [5.41, 5.74) is 6.92. The summed E-state index contributed by atoms with van der Waals surface area (Å²) in [4.78, 5) is 8.85. The summed E-state index contributed by atoms with van der Waals surface area (Å²) in [5, 5.41) is 5.67. The molecule has 0 atom stereocenters.